The largest absolute Gasteiger partial charge is 0.357 e. The molecule has 2 aromatic rings. The number of likely N-dealkylation sites (N-methyl/N-ethyl adjacent to an activating group) is 1. The topological polar surface area (TPSA) is 55.8 Å². The molecule has 2 N–H and O–H groups in total. The molecular formula is C24H39IN6S. The summed E-state index contributed by atoms with van der Waals surface area (Å²) in [6.07, 6.45) is 3.98. The Morgan fingerprint density at radius 2 is 1.75 bits per heavy atom. The van der Waals surface area contributed by atoms with Gasteiger partial charge in [-0.3, -0.25) is 4.90 Å². The van der Waals surface area contributed by atoms with Crippen molar-refractivity contribution >= 4 is 41.3 Å². The number of hydrogen-bond acceptors (Lipinski definition) is 5. The summed E-state index contributed by atoms with van der Waals surface area (Å²) in [7, 11) is 0. The van der Waals surface area contributed by atoms with Crippen molar-refractivity contribution in [3.05, 3.63) is 51.5 Å². The molecule has 32 heavy (non-hydrogen) atoms. The standard InChI is InChI=1S/C24H38N6S.HI/c1-4-22-18-27-23(31-22)11-12-26-24(25-5-2)28-17-20-9-7-8-10-21(20)19-30-15-13-29(6-3)14-16-30;/h7-10,18H,4-6,11-17,19H2,1-3H3,(H2,25,26,28);1H. The van der Waals surface area contributed by atoms with Gasteiger partial charge in [-0.05, 0) is 31.0 Å². The highest BCUT2D eigenvalue weighted by molar-refractivity contribution is 14.0. The van der Waals surface area contributed by atoms with Gasteiger partial charge in [0.25, 0.3) is 0 Å². The third-order valence-electron chi connectivity index (χ3n) is 5.76. The van der Waals surface area contributed by atoms with Gasteiger partial charge in [-0.25, -0.2) is 9.98 Å². The van der Waals surface area contributed by atoms with Crippen LogP contribution < -0.4 is 10.6 Å². The Bertz CT molecular complexity index is 816. The van der Waals surface area contributed by atoms with E-state index in [1.807, 2.05) is 17.5 Å². The first-order valence-corrected chi connectivity index (χ1v) is 12.5. The number of nitrogens with zero attached hydrogens (tertiary/aromatic N) is 4. The van der Waals surface area contributed by atoms with Gasteiger partial charge in [-0.2, -0.15) is 0 Å². The molecule has 1 aliphatic heterocycles. The number of nitrogens with one attached hydrogen (secondary N) is 2. The van der Waals surface area contributed by atoms with E-state index in [0.717, 1.165) is 58.1 Å². The van der Waals surface area contributed by atoms with Crippen LogP contribution in [-0.4, -0.2) is 66.6 Å². The summed E-state index contributed by atoms with van der Waals surface area (Å²) in [6.45, 7) is 15.7. The summed E-state index contributed by atoms with van der Waals surface area (Å²) < 4.78 is 0. The summed E-state index contributed by atoms with van der Waals surface area (Å²) in [6, 6.07) is 8.74. The molecule has 0 radical (unpaired) electrons. The van der Waals surface area contributed by atoms with Gasteiger partial charge in [-0.1, -0.05) is 38.1 Å². The van der Waals surface area contributed by atoms with Crippen LogP contribution in [-0.2, 0) is 25.9 Å². The molecule has 1 aromatic heterocycles. The number of aryl methyl sites for hydroxylation is 1. The molecule has 0 saturated carbocycles. The van der Waals surface area contributed by atoms with E-state index in [1.165, 1.54) is 34.1 Å². The molecule has 0 spiro atoms. The minimum absolute atomic E-state index is 0. The monoisotopic (exact) mass is 570 g/mol. The van der Waals surface area contributed by atoms with Crippen LogP contribution >= 0.6 is 35.3 Å². The minimum atomic E-state index is 0. The van der Waals surface area contributed by atoms with E-state index in [0.29, 0.717) is 6.54 Å². The lowest BCUT2D eigenvalue weighted by Gasteiger charge is -2.34. The molecule has 1 aliphatic rings. The maximum atomic E-state index is 4.87. The average Bonchev–Trinajstić information content (AvgIpc) is 3.27. The molecule has 1 saturated heterocycles. The Balaban J connectivity index is 0.00000363. The predicted molar refractivity (Wildman–Crippen MR) is 147 cm³/mol. The molecule has 0 amide bonds. The number of thiazole rings is 1. The number of hydrogen-bond donors (Lipinski definition) is 2. The van der Waals surface area contributed by atoms with E-state index in [9.17, 15) is 0 Å². The van der Waals surface area contributed by atoms with E-state index >= 15 is 0 Å². The van der Waals surface area contributed by atoms with Gasteiger partial charge in [-0.15, -0.1) is 35.3 Å². The highest BCUT2D eigenvalue weighted by Gasteiger charge is 2.16. The van der Waals surface area contributed by atoms with Crippen LogP contribution in [0.4, 0.5) is 0 Å². The highest BCUT2D eigenvalue weighted by Crippen LogP contribution is 2.15. The summed E-state index contributed by atoms with van der Waals surface area (Å²) in [5, 5.41) is 8.03. The van der Waals surface area contributed by atoms with Crippen LogP contribution in [0.5, 0.6) is 0 Å². The Hall–Kier alpha value is -1.23. The van der Waals surface area contributed by atoms with Crippen molar-refractivity contribution < 1.29 is 0 Å². The molecule has 178 valence electrons. The lowest BCUT2D eigenvalue weighted by Crippen LogP contribution is -2.45. The zero-order chi connectivity index (χ0) is 21.9. The van der Waals surface area contributed by atoms with Gasteiger partial charge in [0, 0.05) is 63.3 Å². The molecule has 0 aliphatic carbocycles. The number of halogens is 1. The summed E-state index contributed by atoms with van der Waals surface area (Å²) >= 11 is 1.81. The molecule has 2 heterocycles. The first-order chi connectivity index (χ1) is 15.2. The van der Waals surface area contributed by atoms with E-state index < -0.39 is 0 Å². The minimum Gasteiger partial charge on any atom is -0.357 e. The fourth-order valence-electron chi connectivity index (χ4n) is 3.79. The van der Waals surface area contributed by atoms with Crippen molar-refractivity contribution in [3.8, 4) is 0 Å². The number of guanidine groups is 1. The second-order valence-electron chi connectivity index (χ2n) is 7.92. The van der Waals surface area contributed by atoms with E-state index in [4.69, 9.17) is 4.99 Å². The molecular weight excluding hydrogens is 531 g/mol. The zero-order valence-electron chi connectivity index (χ0n) is 19.8. The number of rotatable bonds is 10. The smallest absolute Gasteiger partial charge is 0.191 e. The number of benzene rings is 1. The fourth-order valence-corrected chi connectivity index (χ4v) is 4.65. The van der Waals surface area contributed by atoms with Crippen LogP contribution in [0.15, 0.2) is 35.5 Å². The van der Waals surface area contributed by atoms with Crippen molar-refractivity contribution in [2.45, 2.75) is 46.7 Å². The van der Waals surface area contributed by atoms with Crippen LogP contribution in [0, 0.1) is 0 Å². The van der Waals surface area contributed by atoms with Crippen LogP contribution in [0.25, 0.3) is 0 Å². The Labute approximate surface area is 214 Å². The molecule has 6 nitrogen and oxygen atoms in total. The third-order valence-corrected chi connectivity index (χ3v) is 6.96. The molecule has 1 aromatic carbocycles. The van der Waals surface area contributed by atoms with Gasteiger partial charge in [0.1, 0.15) is 0 Å². The summed E-state index contributed by atoms with van der Waals surface area (Å²) in [4.78, 5) is 15.8. The lowest BCUT2D eigenvalue weighted by molar-refractivity contribution is 0.131. The predicted octanol–water partition coefficient (Wildman–Crippen LogP) is 3.76. The fraction of sp³-hybridized carbons (Fsp3) is 0.583. The third kappa shape index (κ3) is 8.61. The van der Waals surface area contributed by atoms with Crippen LogP contribution in [0.1, 0.15) is 41.8 Å². The SMILES string of the molecule is CCNC(=NCc1ccccc1CN1CCN(CC)CC1)NCCc1ncc(CC)s1.I. The normalized spacial score (nSPS) is 15.4. The zero-order valence-corrected chi connectivity index (χ0v) is 22.9. The van der Waals surface area contributed by atoms with Crippen molar-refractivity contribution in [1.82, 2.24) is 25.4 Å². The van der Waals surface area contributed by atoms with E-state index in [-0.39, 0.29) is 24.0 Å². The molecule has 0 bridgehead atoms. The Morgan fingerprint density at radius 1 is 1.03 bits per heavy atom. The number of aliphatic imine (C=N–C) groups is 1. The van der Waals surface area contributed by atoms with Gasteiger partial charge in [0.05, 0.1) is 11.6 Å². The summed E-state index contributed by atoms with van der Waals surface area (Å²) in [5.74, 6) is 0.876. The van der Waals surface area contributed by atoms with Gasteiger partial charge in [0.15, 0.2) is 5.96 Å². The van der Waals surface area contributed by atoms with Crippen molar-refractivity contribution in [2.24, 2.45) is 4.99 Å². The van der Waals surface area contributed by atoms with Crippen LogP contribution in [0.2, 0.25) is 0 Å². The number of piperazine rings is 1. The maximum absolute atomic E-state index is 4.87. The average molecular weight is 571 g/mol. The summed E-state index contributed by atoms with van der Waals surface area (Å²) in [5.41, 5.74) is 2.70. The van der Waals surface area contributed by atoms with Gasteiger partial charge >= 0.3 is 0 Å². The van der Waals surface area contributed by atoms with Crippen molar-refractivity contribution in [2.75, 3.05) is 45.8 Å². The van der Waals surface area contributed by atoms with Crippen molar-refractivity contribution in [3.63, 3.8) is 0 Å². The van der Waals surface area contributed by atoms with E-state index in [2.05, 4.69) is 70.5 Å². The number of aromatic nitrogens is 1. The second-order valence-corrected chi connectivity index (χ2v) is 9.12. The Kier molecular flexibility index (Phi) is 12.5. The second kappa shape index (κ2) is 14.8. The molecule has 3 rings (SSSR count). The Morgan fingerprint density at radius 3 is 2.41 bits per heavy atom. The lowest BCUT2D eigenvalue weighted by atomic mass is 10.1. The first-order valence-electron chi connectivity index (χ1n) is 11.7. The quantitative estimate of drug-likeness (QED) is 0.259. The molecule has 8 heteroatoms. The molecule has 0 unspecified atom stereocenters. The maximum Gasteiger partial charge on any atom is 0.191 e. The van der Waals surface area contributed by atoms with Crippen molar-refractivity contribution in [1.29, 1.82) is 0 Å². The molecule has 1 fully saturated rings. The van der Waals surface area contributed by atoms with E-state index in [1.54, 1.807) is 0 Å². The van der Waals surface area contributed by atoms with Crippen LogP contribution in [0.3, 0.4) is 0 Å². The first kappa shape index (κ1) is 27.0. The molecule has 0 atom stereocenters. The highest BCUT2D eigenvalue weighted by atomic mass is 127. The van der Waals surface area contributed by atoms with Gasteiger partial charge < -0.3 is 15.5 Å². The van der Waals surface area contributed by atoms with Gasteiger partial charge in [0.2, 0.25) is 0 Å².